The Morgan fingerprint density at radius 3 is 2.57 bits per heavy atom. The minimum absolute atomic E-state index is 0.0722. The molecule has 0 unspecified atom stereocenters. The smallest absolute Gasteiger partial charge is 0.386 e. The summed E-state index contributed by atoms with van der Waals surface area (Å²) < 4.78 is 64.8. The van der Waals surface area contributed by atoms with Crippen LogP contribution >= 0.6 is 0 Å². The second-order valence-electron chi connectivity index (χ2n) is 6.21. The van der Waals surface area contributed by atoms with Gasteiger partial charge in [-0.15, -0.1) is 0 Å². The van der Waals surface area contributed by atoms with E-state index in [4.69, 9.17) is 4.84 Å². The Bertz CT molecular complexity index is 815. The lowest BCUT2D eigenvalue weighted by molar-refractivity contribution is -0.137. The standard InChI is InChI=1S/C17H22F3N3O4S/c1-2-8-21-16(24)12-27-22-14-6-9-23(10-7-14)28(25,26)15-5-3-4-13(11-15)17(18,19)20/h3-5,11H,2,6-10,12H2,1H3,(H,21,24). The van der Waals surface area contributed by atoms with Gasteiger partial charge in [0.15, 0.2) is 6.61 Å². The van der Waals surface area contributed by atoms with Gasteiger partial charge >= 0.3 is 6.18 Å². The second-order valence-corrected chi connectivity index (χ2v) is 8.15. The number of alkyl halides is 3. The SMILES string of the molecule is CCCNC(=O)CON=C1CCN(S(=O)(=O)c2cccc(C(F)(F)F)c2)CC1. The van der Waals surface area contributed by atoms with Crippen LogP contribution < -0.4 is 5.32 Å². The number of rotatable bonds is 7. The number of hydrogen-bond acceptors (Lipinski definition) is 5. The maximum absolute atomic E-state index is 12.8. The van der Waals surface area contributed by atoms with E-state index >= 15 is 0 Å². The number of piperidine rings is 1. The molecule has 1 aliphatic heterocycles. The zero-order valence-electron chi connectivity index (χ0n) is 15.3. The van der Waals surface area contributed by atoms with Crippen molar-refractivity contribution in [1.82, 2.24) is 9.62 Å². The molecule has 1 aromatic rings. The molecule has 0 aromatic heterocycles. The summed E-state index contributed by atoms with van der Waals surface area (Å²) in [5, 5.41) is 6.48. The number of amides is 1. The molecule has 156 valence electrons. The Kier molecular flexibility index (Phi) is 7.41. The highest BCUT2D eigenvalue weighted by Crippen LogP contribution is 2.31. The fourth-order valence-corrected chi connectivity index (χ4v) is 4.04. The van der Waals surface area contributed by atoms with Crippen molar-refractivity contribution in [2.45, 2.75) is 37.3 Å². The number of carbonyl (C=O) groups excluding carboxylic acids is 1. The summed E-state index contributed by atoms with van der Waals surface area (Å²) in [4.78, 5) is 16.0. The normalized spacial score (nSPS) is 15.9. The van der Waals surface area contributed by atoms with Gasteiger partial charge in [-0.05, 0) is 24.6 Å². The van der Waals surface area contributed by atoms with E-state index in [2.05, 4.69) is 10.5 Å². The second kappa shape index (κ2) is 9.37. The van der Waals surface area contributed by atoms with Crippen molar-refractivity contribution in [3.05, 3.63) is 29.8 Å². The molecule has 1 amide bonds. The first-order valence-corrected chi connectivity index (χ1v) is 10.2. The number of nitrogens with zero attached hydrogens (tertiary/aromatic N) is 2. The van der Waals surface area contributed by atoms with Crippen LogP contribution in [0.1, 0.15) is 31.7 Å². The van der Waals surface area contributed by atoms with Gasteiger partial charge in [0.05, 0.1) is 16.2 Å². The third-order valence-corrected chi connectivity index (χ3v) is 5.95. The molecule has 0 aliphatic carbocycles. The van der Waals surface area contributed by atoms with E-state index < -0.39 is 26.7 Å². The van der Waals surface area contributed by atoms with Gasteiger partial charge in [0.2, 0.25) is 10.0 Å². The number of oxime groups is 1. The van der Waals surface area contributed by atoms with Crippen molar-refractivity contribution in [3.63, 3.8) is 0 Å². The summed E-state index contributed by atoms with van der Waals surface area (Å²) in [6.07, 6.45) is -3.27. The molecule has 11 heteroatoms. The van der Waals surface area contributed by atoms with Gasteiger partial charge in [-0.2, -0.15) is 17.5 Å². The first-order chi connectivity index (χ1) is 13.1. The minimum Gasteiger partial charge on any atom is -0.386 e. The van der Waals surface area contributed by atoms with Gasteiger partial charge in [0.25, 0.3) is 5.91 Å². The van der Waals surface area contributed by atoms with E-state index in [0.29, 0.717) is 18.3 Å². The van der Waals surface area contributed by atoms with Gasteiger partial charge in [-0.25, -0.2) is 8.42 Å². The quantitative estimate of drug-likeness (QED) is 0.685. The molecule has 1 fully saturated rings. The monoisotopic (exact) mass is 421 g/mol. The summed E-state index contributed by atoms with van der Waals surface area (Å²) in [5.41, 5.74) is -0.415. The zero-order valence-corrected chi connectivity index (χ0v) is 16.1. The third-order valence-electron chi connectivity index (χ3n) is 4.06. The number of benzene rings is 1. The topological polar surface area (TPSA) is 88.1 Å². The Morgan fingerprint density at radius 2 is 1.96 bits per heavy atom. The van der Waals surface area contributed by atoms with Crippen LogP contribution in [-0.2, 0) is 25.8 Å². The number of sulfonamides is 1. The van der Waals surface area contributed by atoms with Crippen molar-refractivity contribution < 1.29 is 31.2 Å². The zero-order chi connectivity index (χ0) is 20.8. The van der Waals surface area contributed by atoms with Gasteiger partial charge in [-0.1, -0.05) is 18.1 Å². The molecule has 0 radical (unpaired) electrons. The van der Waals surface area contributed by atoms with Crippen LogP contribution in [0.4, 0.5) is 13.2 Å². The molecule has 0 bridgehead atoms. The molecule has 7 nitrogen and oxygen atoms in total. The van der Waals surface area contributed by atoms with Crippen LogP contribution in [0.15, 0.2) is 34.3 Å². The Morgan fingerprint density at radius 1 is 1.29 bits per heavy atom. The maximum Gasteiger partial charge on any atom is 0.416 e. The predicted molar refractivity (Wildman–Crippen MR) is 96.1 cm³/mol. The van der Waals surface area contributed by atoms with Crippen molar-refractivity contribution in [2.75, 3.05) is 26.2 Å². The van der Waals surface area contributed by atoms with Crippen molar-refractivity contribution in [2.24, 2.45) is 5.16 Å². The van der Waals surface area contributed by atoms with Gasteiger partial charge in [-0.3, -0.25) is 4.79 Å². The van der Waals surface area contributed by atoms with Crippen LogP contribution in [0, 0.1) is 0 Å². The van der Waals surface area contributed by atoms with E-state index in [1.165, 1.54) is 0 Å². The molecular weight excluding hydrogens is 399 g/mol. The third kappa shape index (κ3) is 5.93. The van der Waals surface area contributed by atoms with E-state index in [0.717, 1.165) is 28.9 Å². The van der Waals surface area contributed by atoms with E-state index in [-0.39, 0.29) is 38.4 Å². The highest BCUT2D eigenvalue weighted by Gasteiger charge is 2.33. The average Bonchev–Trinajstić information content (AvgIpc) is 2.66. The van der Waals surface area contributed by atoms with Gasteiger partial charge < -0.3 is 10.2 Å². The summed E-state index contributed by atoms with van der Waals surface area (Å²) in [6.45, 7) is 2.38. The number of hydrogen-bond donors (Lipinski definition) is 1. The van der Waals surface area contributed by atoms with E-state index in [1.54, 1.807) is 0 Å². The molecule has 1 aliphatic rings. The largest absolute Gasteiger partial charge is 0.416 e. The molecule has 28 heavy (non-hydrogen) atoms. The fourth-order valence-electron chi connectivity index (χ4n) is 2.56. The molecule has 0 spiro atoms. The summed E-state index contributed by atoms with van der Waals surface area (Å²) >= 11 is 0. The summed E-state index contributed by atoms with van der Waals surface area (Å²) in [5.74, 6) is -0.296. The summed E-state index contributed by atoms with van der Waals surface area (Å²) in [6, 6.07) is 3.68. The molecule has 0 atom stereocenters. The van der Waals surface area contributed by atoms with Crippen LogP contribution in [0.3, 0.4) is 0 Å². The number of carbonyl (C=O) groups is 1. The first kappa shape index (κ1) is 22.2. The fraction of sp³-hybridized carbons (Fsp3) is 0.529. The van der Waals surface area contributed by atoms with E-state index in [1.807, 2.05) is 6.92 Å². The Labute approximate surface area is 161 Å². The summed E-state index contributed by atoms with van der Waals surface area (Å²) in [7, 11) is -4.04. The van der Waals surface area contributed by atoms with Crippen LogP contribution in [-0.4, -0.2) is 50.6 Å². The van der Waals surface area contributed by atoms with Crippen molar-refractivity contribution >= 4 is 21.6 Å². The highest BCUT2D eigenvalue weighted by molar-refractivity contribution is 7.89. The first-order valence-electron chi connectivity index (χ1n) is 8.76. The molecule has 1 saturated heterocycles. The van der Waals surface area contributed by atoms with Crippen LogP contribution in [0.25, 0.3) is 0 Å². The van der Waals surface area contributed by atoms with Gasteiger partial charge in [0.1, 0.15) is 0 Å². The van der Waals surface area contributed by atoms with Crippen molar-refractivity contribution in [3.8, 4) is 0 Å². The van der Waals surface area contributed by atoms with Gasteiger partial charge in [0, 0.05) is 32.5 Å². The molecule has 1 heterocycles. The van der Waals surface area contributed by atoms with Crippen LogP contribution in [0.5, 0.6) is 0 Å². The molecule has 0 saturated carbocycles. The lowest BCUT2D eigenvalue weighted by Gasteiger charge is -2.26. The molecule has 1 N–H and O–H groups in total. The predicted octanol–water partition coefficient (Wildman–Crippen LogP) is 2.39. The van der Waals surface area contributed by atoms with Crippen LogP contribution in [0.2, 0.25) is 0 Å². The average molecular weight is 421 g/mol. The van der Waals surface area contributed by atoms with Crippen molar-refractivity contribution in [1.29, 1.82) is 0 Å². The number of nitrogens with one attached hydrogen (secondary N) is 1. The Hall–Kier alpha value is -2.14. The number of halogens is 3. The lowest BCUT2D eigenvalue weighted by Crippen LogP contribution is -2.38. The molecule has 2 rings (SSSR count). The Balaban J connectivity index is 1.95. The maximum atomic E-state index is 12.8. The highest BCUT2D eigenvalue weighted by atomic mass is 32.2. The van der Waals surface area contributed by atoms with E-state index in [9.17, 15) is 26.4 Å². The lowest BCUT2D eigenvalue weighted by atomic mass is 10.1. The molecule has 1 aromatic carbocycles. The minimum atomic E-state index is -4.62. The molecular formula is C17H22F3N3O4S.